The second-order valence-corrected chi connectivity index (χ2v) is 5.12. The Morgan fingerprint density at radius 1 is 1.73 bits per heavy atom. The number of rotatable bonds is 3. The molecule has 0 aliphatic carbocycles. The van der Waals surface area contributed by atoms with Gasteiger partial charge in [-0.15, -0.1) is 6.58 Å². The zero-order chi connectivity index (χ0) is 11.1. The number of fused-ring (bicyclic) bond motifs is 1. The molecule has 3 nitrogen and oxygen atoms in total. The van der Waals surface area contributed by atoms with Crippen LogP contribution >= 0.6 is 23.2 Å². The van der Waals surface area contributed by atoms with Crippen LogP contribution in [0.15, 0.2) is 12.7 Å². The number of carbonyl (C=O) groups is 1. The molecule has 0 radical (unpaired) electrons. The van der Waals surface area contributed by atoms with Crippen LogP contribution in [-0.2, 0) is 9.53 Å². The van der Waals surface area contributed by atoms with E-state index in [4.69, 9.17) is 27.9 Å². The van der Waals surface area contributed by atoms with Crippen LogP contribution in [0, 0.1) is 0 Å². The minimum atomic E-state index is -0.696. The predicted octanol–water partition coefficient (Wildman–Crippen LogP) is 2.08. The number of cyclic esters (lactones) is 1. The van der Waals surface area contributed by atoms with E-state index in [0.29, 0.717) is 6.42 Å². The van der Waals surface area contributed by atoms with Crippen molar-refractivity contribution in [3.05, 3.63) is 12.7 Å². The van der Waals surface area contributed by atoms with Crippen molar-refractivity contribution in [3.8, 4) is 0 Å². The number of hydrogen-bond donors (Lipinski definition) is 0. The molecule has 2 rings (SSSR count). The molecule has 5 heteroatoms. The van der Waals surface area contributed by atoms with Gasteiger partial charge in [0.2, 0.25) is 0 Å². The molecule has 2 heterocycles. The van der Waals surface area contributed by atoms with Crippen LogP contribution in [0.1, 0.15) is 19.3 Å². The molecule has 0 saturated carbocycles. The van der Waals surface area contributed by atoms with Gasteiger partial charge in [-0.05, 0) is 19.3 Å². The Hall–Kier alpha value is -0.250. The summed E-state index contributed by atoms with van der Waals surface area (Å²) >= 11 is 11.6. The molecule has 0 aromatic rings. The first kappa shape index (κ1) is 11.2. The van der Waals surface area contributed by atoms with E-state index >= 15 is 0 Å². The molecule has 1 unspecified atom stereocenters. The van der Waals surface area contributed by atoms with E-state index in [-0.39, 0.29) is 5.97 Å². The van der Waals surface area contributed by atoms with Crippen LogP contribution in [-0.4, -0.2) is 34.0 Å². The minimum absolute atomic E-state index is 0.212. The third-order valence-electron chi connectivity index (χ3n) is 3.15. The lowest BCUT2D eigenvalue weighted by Crippen LogP contribution is -2.46. The van der Waals surface area contributed by atoms with Gasteiger partial charge in [0.05, 0.1) is 0 Å². The zero-order valence-electron chi connectivity index (χ0n) is 8.29. The van der Waals surface area contributed by atoms with Crippen molar-refractivity contribution in [2.24, 2.45) is 0 Å². The molecule has 0 amide bonds. The van der Waals surface area contributed by atoms with Gasteiger partial charge in [0.1, 0.15) is 5.54 Å². The van der Waals surface area contributed by atoms with Gasteiger partial charge < -0.3 is 4.74 Å². The summed E-state index contributed by atoms with van der Waals surface area (Å²) in [6.45, 7) is 4.49. The lowest BCUT2D eigenvalue weighted by atomic mass is 9.93. The Morgan fingerprint density at radius 2 is 2.47 bits per heavy atom. The highest BCUT2D eigenvalue weighted by molar-refractivity contribution is 6.44. The molecule has 2 aliphatic rings. The quantitative estimate of drug-likeness (QED) is 0.436. The van der Waals surface area contributed by atoms with Gasteiger partial charge >= 0.3 is 5.97 Å². The van der Waals surface area contributed by atoms with Crippen LogP contribution in [0.4, 0.5) is 0 Å². The fourth-order valence-corrected chi connectivity index (χ4v) is 2.88. The molecular weight excluding hydrogens is 237 g/mol. The fourth-order valence-electron chi connectivity index (χ4n) is 2.50. The van der Waals surface area contributed by atoms with Crippen LogP contribution in [0.25, 0.3) is 0 Å². The molecule has 0 bridgehead atoms. The van der Waals surface area contributed by atoms with E-state index in [1.165, 1.54) is 0 Å². The molecule has 15 heavy (non-hydrogen) atoms. The summed E-state index contributed by atoms with van der Waals surface area (Å²) in [7, 11) is 0. The molecule has 2 atom stereocenters. The van der Waals surface area contributed by atoms with Gasteiger partial charge in [0.25, 0.3) is 0 Å². The monoisotopic (exact) mass is 249 g/mol. The third kappa shape index (κ3) is 1.57. The Morgan fingerprint density at radius 3 is 3.07 bits per heavy atom. The predicted molar refractivity (Wildman–Crippen MR) is 58.9 cm³/mol. The second-order valence-electron chi connectivity index (χ2n) is 3.95. The zero-order valence-corrected chi connectivity index (χ0v) is 9.80. The van der Waals surface area contributed by atoms with Crippen molar-refractivity contribution in [1.29, 1.82) is 0 Å². The molecule has 0 spiro atoms. The van der Waals surface area contributed by atoms with Crippen LogP contribution in [0.2, 0.25) is 0 Å². The lowest BCUT2D eigenvalue weighted by Gasteiger charge is -2.28. The molecule has 84 valence electrons. The van der Waals surface area contributed by atoms with Gasteiger partial charge in [0, 0.05) is 6.54 Å². The van der Waals surface area contributed by atoms with E-state index in [9.17, 15) is 4.79 Å². The van der Waals surface area contributed by atoms with E-state index < -0.39 is 16.6 Å². The molecule has 2 aliphatic heterocycles. The van der Waals surface area contributed by atoms with Gasteiger partial charge in [-0.3, -0.25) is 0 Å². The molecule has 0 aromatic heterocycles. The van der Waals surface area contributed by atoms with Gasteiger partial charge in [0.15, 0.2) is 11.1 Å². The standard InChI is InChI=1S/C10H13Cl2NO2/c1-2-4-10-5-3-6-13(10)8(7(11)12)15-9(10)14/h2,7-8H,1,3-6H2/t8-,10?/m1/s1. The van der Waals surface area contributed by atoms with Crippen LogP contribution in [0.5, 0.6) is 0 Å². The highest BCUT2D eigenvalue weighted by Gasteiger charge is 2.58. The number of nitrogens with zero attached hydrogens (tertiary/aromatic N) is 1. The van der Waals surface area contributed by atoms with Crippen molar-refractivity contribution >= 4 is 29.2 Å². The van der Waals surface area contributed by atoms with Crippen molar-refractivity contribution in [2.45, 2.75) is 35.9 Å². The van der Waals surface area contributed by atoms with Crippen molar-refractivity contribution < 1.29 is 9.53 Å². The van der Waals surface area contributed by atoms with Crippen molar-refractivity contribution in [2.75, 3.05) is 6.54 Å². The topological polar surface area (TPSA) is 29.5 Å². The summed E-state index contributed by atoms with van der Waals surface area (Å²) in [5, 5.41) is 0. The average molecular weight is 250 g/mol. The summed E-state index contributed by atoms with van der Waals surface area (Å²) < 4.78 is 5.22. The Balaban J connectivity index is 2.28. The second kappa shape index (κ2) is 3.96. The summed E-state index contributed by atoms with van der Waals surface area (Å²) in [6, 6.07) is 0. The number of halogens is 2. The maximum absolute atomic E-state index is 11.9. The third-order valence-corrected chi connectivity index (χ3v) is 3.58. The van der Waals surface area contributed by atoms with Gasteiger partial charge in [-0.1, -0.05) is 29.3 Å². The molecular formula is C10H13Cl2NO2. The van der Waals surface area contributed by atoms with Crippen LogP contribution in [0.3, 0.4) is 0 Å². The van der Waals surface area contributed by atoms with Crippen molar-refractivity contribution in [3.63, 3.8) is 0 Å². The first-order valence-electron chi connectivity index (χ1n) is 4.99. The van der Waals surface area contributed by atoms with E-state index in [0.717, 1.165) is 19.4 Å². The Bertz CT molecular complexity index is 295. The Labute approximate surface area is 99.0 Å². The minimum Gasteiger partial charge on any atom is -0.442 e. The fraction of sp³-hybridized carbons (Fsp3) is 0.700. The first-order valence-corrected chi connectivity index (χ1v) is 5.86. The largest absolute Gasteiger partial charge is 0.442 e. The molecule has 2 fully saturated rings. The number of carbonyl (C=O) groups excluding carboxylic acids is 1. The SMILES string of the molecule is C=CCC12CCCN1[C@@H](C(Cl)Cl)OC2=O. The smallest absolute Gasteiger partial charge is 0.328 e. The number of ether oxygens (including phenoxy) is 1. The highest BCUT2D eigenvalue weighted by atomic mass is 35.5. The maximum atomic E-state index is 11.9. The molecule has 2 saturated heterocycles. The number of hydrogen-bond acceptors (Lipinski definition) is 3. The van der Waals surface area contributed by atoms with Crippen LogP contribution < -0.4 is 0 Å². The first-order chi connectivity index (χ1) is 7.12. The summed E-state index contributed by atoms with van der Waals surface area (Å²) in [5.41, 5.74) is -0.547. The maximum Gasteiger partial charge on any atom is 0.328 e. The lowest BCUT2D eigenvalue weighted by molar-refractivity contribution is -0.145. The van der Waals surface area contributed by atoms with E-state index in [1.807, 2.05) is 4.90 Å². The number of alkyl halides is 2. The summed E-state index contributed by atoms with van der Waals surface area (Å²) in [6.07, 6.45) is 3.63. The average Bonchev–Trinajstić information content (AvgIpc) is 2.67. The summed E-state index contributed by atoms with van der Waals surface area (Å²) in [5.74, 6) is -0.212. The van der Waals surface area contributed by atoms with Gasteiger partial charge in [-0.25, -0.2) is 9.69 Å². The molecule has 0 aromatic carbocycles. The van der Waals surface area contributed by atoms with Crippen molar-refractivity contribution in [1.82, 2.24) is 4.90 Å². The molecule has 0 N–H and O–H groups in total. The normalized spacial score (nSPS) is 35.7. The Kier molecular flexibility index (Phi) is 2.97. The van der Waals surface area contributed by atoms with E-state index in [2.05, 4.69) is 6.58 Å². The highest BCUT2D eigenvalue weighted by Crippen LogP contribution is 2.43. The summed E-state index contributed by atoms with van der Waals surface area (Å²) in [4.78, 5) is 13.1. The number of esters is 1. The van der Waals surface area contributed by atoms with E-state index in [1.54, 1.807) is 6.08 Å². The van der Waals surface area contributed by atoms with Gasteiger partial charge in [-0.2, -0.15) is 0 Å².